The Bertz CT molecular complexity index is 1610. The fraction of sp³-hybridized carbons (Fsp3) is 0.500. The number of halogens is 2. The van der Waals surface area contributed by atoms with Gasteiger partial charge in [0.1, 0.15) is 12.4 Å². The molecule has 1 aromatic carbocycles. The number of carbonyl (C=O) groups is 1. The standard InChI is InChI=1S/C30H34ClFN8O3/c1-17-11-24-21(13-34-37-24)26(27(17)31)25-12-23-22(16-42-25)28(36-30(35-23)43-15-20-5-4-8-38(20)3)39-9-10-40(29(41)18(2)32)19(14-39)6-7-33/h11,13,19-20,25H,2,4-6,8-10,12,14-16H2,1,3H3,(H,34,37)/t19-,20-,25-/m0/s1. The SMILES string of the molecule is C=C(F)C(=O)N1CCN(c2nc(OC[C@@H]3CCCN3C)nc3c2CO[C@H](c2c(Cl)c(C)cc4[nH]ncc24)C3)C[C@@H]1CC#N. The summed E-state index contributed by atoms with van der Waals surface area (Å²) in [6.07, 6.45) is 4.04. The van der Waals surface area contributed by atoms with Crippen LogP contribution in [0.2, 0.25) is 5.02 Å². The van der Waals surface area contributed by atoms with Crippen molar-refractivity contribution in [1.29, 1.82) is 5.26 Å². The van der Waals surface area contributed by atoms with Crippen LogP contribution in [-0.4, -0.2) is 87.8 Å². The monoisotopic (exact) mass is 608 g/mol. The van der Waals surface area contributed by atoms with E-state index in [2.05, 4.69) is 34.8 Å². The zero-order chi connectivity index (χ0) is 30.2. The van der Waals surface area contributed by atoms with Crippen LogP contribution in [0, 0.1) is 18.3 Å². The lowest BCUT2D eigenvalue weighted by molar-refractivity contribution is -0.131. The molecule has 0 saturated carbocycles. The summed E-state index contributed by atoms with van der Waals surface area (Å²) >= 11 is 6.83. The summed E-state index contributed by atoms with van der Waals surface area (Å²) in [6.45, 7) is 7.74. The van der Waals surface area contributed by atoms with Gasteiger partial charge in [0.2, 0.25) is 0 Å². The minimum atomic E-state index is -1.04. The highest BCUT2D eigenvalue weighted by molar-refractivity contribution is 6.33. The van der Waals surface area contributed by atoms with Crippen LogP contribution in [0.1, 0.15) is 47.8 Å². The second-order valence-corrected chi connectivity index (χ2v) is 11.8. The van der Waals surface area contributed by atoms with Gasteiger partial charge in [-0.05, 0) is 45.0 Å². The van der Waals surface area contributed by atoms with Crippen LogP contribution >= 0.6 is 11.6 Å². The number of H-pyrrole nitrogens is 1. The highest BCUT2D eigenvalue weighted by Gasteiger charge is 2.36. The minimum absolute atomic E-state index is 0.0469. The third-order valence-electron chi connectivity index (χ3n) is 8.76. The second kappa shape index (κ2) is 12.1. The Hall–Kier alpha value is -3.79. The van der Waals surface area contributed by atoms with Gasteiger partial charge < -0.3 is 24.2 Å². The number of nitrogens with zero attached hydrogens (tertiary/aromatic N) is 7. The molecule has 11 nitrogen and oxygen atoms in total. The number of ether oxygens (including phenoxy) is 2. The van der Waals surface area contributed by atoms with E-state index in [-0.39, 0.29) is 37.7 Å². The fourth-order valence-corrected chi connectivity index (χ4v) is 6.68. The van der Waals surface area contributed by atoms with E-state index < -0.39 is 17.8 Å². The number of hydrogen-bond donors (Lipinski definition) is 1. The Morgan fingerprint density at radius 3 is 2.91 bits per heavy atom. The zero-order valence-electron chi connectivity index (χ0n) is 24.3. The maximum atomic E-state index is 13.8. The lowest BCUT2D eigenvalue weighted by Crippen LogP contribution is -2.55. The smallest absolute Gasteiger partial charge is 0.318 e. The second-order valence-electron chi connectivity index (χ2n) is 11.5. The van der Waals surface area contributed by atoms with Crippen molar-refractivity contribution in [1.82, 2.24) is 30.0 Å². The Morgan fingerprint density at radius 2 is 2.16 bits per heavy atom. The van der Waals surface area contributed by atoms with Crippen molar-refractivity contribution >= 4 is 34.2 Å². The van der Waals surface area contributed by atoms with Gasteiger partial charge in [-0.25, -0.2) is 4.39 Å². The molecule has 3 aliphatic heterocycles. The van der Waals surface area contributed by atoms with Gasteiger partial charge in [-0.15, -0.1) is 0 Å². The molecule has 3 atom stereocenters. The number of aromatic amines is 1. The van der Waals surface area contributed by atoms with Crippen LogP contribution in [0.25, 0.3) is 10.9 Å². The summed E-state index contributed by atoms with van der Waals surface area (Å²) in [4.78, 5) is 27.9. The number of carbonyl (C=O) groups excluding carboxylic acids is 1. The molecule has 2 saturated heterocycles. The van der Waals surface area contributed by atoms with Crippen LogP contribution in [-0.2, 0) is 22.6 Å². The molecule has 5 heterocycles. The number of aryl methyl sites for hydroxylation is 1. The Kier molecular flexibility index (Phi) is 8.22. The molecule has 1 amide bonds. The molecule has 3 aliphatic rings. The van der Waals surface area contributed by atoms with Crippen LogP contribution in [0.3, 0.4) is 0 Å². The summed E-state index contributed by atoms with van der Waals surface area (Å²) in [5, 5.41) is 18.2. The third kappa shape index (κ3) is 5.64. The summed E-state index contributed by atoms with van der Waals surface area (Å²) in [5.74, 6) is -1.19. The van der Waals surface area contributed by atoms with Gasteiger partial charge in [0, 0.05) is 48.6 Å². The molecule has 226 valence electrons. The first kappa shape index (κ1) is 29.3. The molecular formula is C30H34ClFN8O3. The highest BCUT2D eigenvalue weighted by atomic mass is 35.5. The van der Waals surface area contributed by atoms with Crippen molar-refractivity contribution in [3.05, 3.63) is 52.1 Å². The molecule has 0 bridgehead atoms. The molecule has 0 unspecified atom stereocenters. The van der Waals surface area contributed by atoms with Gasteiger partial charge in [-0.2, -0.15) is 20.3 Å². The number of nitriles is 1. The summed E-state index contributed by atoms with van der Waals surface area (Å²) in [5.41, 5.74) is 4.27. The number of fused-ring (bicyclic) bond motifs is 2. The molecular weight excluding hydrogens is 575 g/mol. The first-order valence-corrected chi connectivity index (χ1v) is 14.9. The van der Waals surface area contributed by atoms with Crippen LogP contribution < -0.4 is 9.64 Å². The number of amides is 1. The van der Waals surface area contributed by atoms with Crippen molar-refractivity contribution in [3.63, 3.8) is 0 Å². The van der Waals surface area contributed by atoms with Gasteiger partial charge in [-0.1, -0.05) is 18.2 Å². The number of anilines is 1. The maximum Gasteiger partial charge on any atom is 0.318 e. The van der Waals surface area contributed by atoms with Crippen molar-refractivity contribution in [2.45, 2.75) is 57.4 Å². The Balaban J connectivity index is 1.35. The molecule has 1 N–H and O–H groups in total. The van der Waals surface area contributed by atoms with Crippen LogP contribution in [0.4, 0.5) is 10.2 Å². The van der Waals surface area contributed by atoms with E-state index in [0.29, 0.717) is 37.0 Å². The topological polar surface area (TPSA) is 124 Å². The van der Waals surface area contributed by atoms with Gasteiger partial charge in [-0.3, -0.25) is 9.89 Å². The zero-order valence-corrected chi connectivity index (χ0v) is 25.0. The molecule has 0 aliphatic carbocycles. The summed E-state index contributed by atoms with van der Waals surface area (Å²) < 4.78 is 26.4. The van der Waals surface area contributed by atoms with E-state index in [9.17, 15) is 14.4 Å². The molecule has 6 rings (SSSR count). The molecule has 0 spiro atoms. The van der Waals surface area contributed by atoms with E-state index in [1.165, 1.54) is 4.90 Å². The number of aromatic nitrogens is 4. The van der Waals surface area contributed by atoms with Gasteiger partial charge in [0.15, 0.2) is 5.83 Å². The molecule has 2 aromatic heterocycles. The Morgan fingerprint density at radius 1 is 1.33 bits per heavy atom. The average Bonchev–Trinajstić information content (AvgIpc) is 3.63. The van der Waals surface area contributed by atoms with Crippen molar-refractivity contribution in [2.24, 2.45) is 0 Å². The third-order valence-corrected chi connectivity index (χ3v) is 9.26. The van der Waals surface area contributed by atoms with Crippen molar-refractivity contribution in [2.75, 3.05) is 44.7 Å². The molecule has 43 heavy (non-hydrogen) atoms. The number of rotatable bonds is 7. The Labute approximate surface area is 254 Å². The molecule has 2 fully saturated rings. The van der Waals surface area contributed by atoms with Crippen molar-refractivity contribution in [3.8, 4) is 12.1 Å². The average molecular weight is 609 g/mol. The van der Waals surface area contributed by atoms with E-state index in [1.807, 2.05) is 17.9 Å². The first-order valence-electron chi connectivity index (χ1n) is 14.5. The number of benzene rings is 1. The number of nitrogens with one attached hydrogen (secondary N) is 1. The van der Waals surface area contributed by atoms with Crippen LogP contribution in [0.5, 0.6) is 6.01 Å². The first-order chi connectivity index (χ1) is 20.7. The predicted octanol–water partition coefficient (Wildman–Crippen LogP) is 4.02. The molecule has 13 heteroatoms. The number of likely N-dealkylation sites (N-methyl/N-ethyl adjacent to an activating group) is 1. The lowest BCUT2D eigenvalue weighted by Gasteiger charge is -2.42. The minimum Gasteiger partial charge on any atom is -0.462 e. The van der Waals surface area contributed by atoms with E-state index in [1.54, 1.807) is 6.20 Å². The molecule has 3 aromatic rings. The normalized spacial score (nSPS) is 22.4. The summed E-state index contributed by atoms with van der Waals surface area (Å²) in [6, 6.07) is 4.12. The van der Waals surface area contributed by atoms with E-state index in [4.69, 9.17) is 31.0 Å². The highest BCUT2D eigenvalue weighted by Crippen LogP contribution is 2.41. The van der Waals surface area contributed by atoms with E-state index in [0.717, 1.165) is 52.7 Å². The maximum absolute atomic E-state index is 13.8. The number of hydrogen-bond acceptors (Lipinski definition) is 9. The predicted molar refractivity (Wildman–Crippen MR) is 158 cm³/mol. The van der Waals surface area contributed by atoms with Gasteiger partial charge in [0.25, 0.3) is 5.91 Å². The largest absolute Gasteiger partial charge is 0.462 e. The van der Waals surface area contributed by atoms with Gasteiger partial charge in [0.05, 0.1) is 53.7 Å². The van der Waals surface area contributed by atoms with Gasteiger partial charge >= 0.3 is 6.01 Å². The lowest BCUT2D eigenvalue weighted by atomic mass is 9.95. The van der Waals surface area contributed by atoms with E-state index >= 15 is 0 Å². The fourth-order valence-electron chi connectivity index (χ4n) is 6.40. The molecule has 0 radical (unpaired) electrons. The van der Waals surface area contributed by atoms with Crippen molar-refractivity contribution < 1.29 is 18.7 Å². The quantitative estimate of drug-likeness (QED) is 0.396. The van der Waals surface area contributed by atoms with Crippen LogP contribution in [0.15, 0.2) is 24.7 Å². The number of likely N-dealkylation sites (tertiary alicyclic amines) is 1. The number of piperazine rings is 1. The summed E-state index contributed by atoms with van der Waals surface area (Å²) in [7, 11) is 2.09.